The molecule has 0 unspecified atom stereocenters. The maximum Gasteiger partial charge on any atom is 0.270 e. The molecule has 1 amide bonds. The van der Waals surface area contributed by atoms with Gasteiger partial charge in [0.25, 0.3) is 5.91 Å². The van der Waals surface area contributed by atoms with E-state index in [0.29, 0.717) is 15.0 Å². The molecule has 4 nitrogen and oxygen atoms in total. The maximum atomic E-state index is 13.1. The largest absolute Gasteiger partial charge is 0.497 e. The summed E-state index contributed by atoms with van der Waals surface area (Å²) in [5.41, 5.74) is 1.59. The Labute approximate surface area is 172 Å². The summed E-state index contributed by atoms with van der Waals surface area (Å²) in [4.78, 5) is 15.2. The van der Waals surface area contributed by atoms with Crippen molar-refractivity contribution in [3.8, 4) is 11.5 Å². The van der Waals surface area contributed by atoms with E-state index >= 15 is 0 Å². The van der Waals surface area contributed by atoms with Crippen LogP contribution in [0.1, 0.15) is 5.56 Å². The molecule has 0 aliphatic carbocycles. The minimum Gasteiger partial charge on any atom is -0.497 e. The van der Waals surface area contributed by atoms with Gasteiger partial charge in [-0.2, -0.15) is 0 Å². The Morgan fingerprint density at radius 1 is 0.964 bits per heavy atom. The molecular weight excluding hydrogens is 390 g/mol. The van der Waals surface area contributed by atoms with Gasteiger partial charge in [-0.3, -0.25) is 9.69 Å². The Hall–Kier alpha value is -2.83. The number of nitrogens with zero attached hydrogens (tertiary/aromatic N) is 1. The van der Waals surface area contributed by atoms with Crippen molar-refractivity contribution in [1.29, 1.82) is 0 Å². The van der Waals surface area contributed by atoms with Gasteiger partial charge in [-0.15, -0.1) is 0 Å². The Morgan fingerprint density at radius 2 is 1.71 bits per heavy atom. The number of hydrogen-bond acceptors (Lipinski definition) is 5. The van der Waals surface area contributed by atoms with E-state index in [1.807, 2.05) is 66.7 Å². The van der Waals surface area contributed by atoms with Crippen molar-refractivity contribution < 1.29 is 14.3 Å². The third-order valence-electron chi connectivity index (χ3n) is 4.55. The van der Waals surface area contributed by atoms with E-state index in [1.54, 1.807) is 19.1 Å². The highest BCUT2D eigenvalue weighted by molar-refractivity contribution is 8.27. The molecule has 140 valence electrons. The second kappa shape index (κ2) is 7.66. The van der Waals surface area contributed by atoms with Gasteiger partial charge in [0.1, 0.15) is 11.5 Å². The zero-order chi connectivity index (χ0) is 19.7. The fourth-order valence-corrected chi connectivity index (χ4v) is 4.44. The first kappa shape index (κ1) is 18.5. The second-order valence-electron chi connectivity index (χ2n) is 6.12. The molecule has 1 aliphatic heterocycles. The molecule has 4 rings (SSSR count). The normalized spacial score (nSPS) is 15.5. The van der Waals surface area contributed by atoms with Crippen molar-refractivity contribution in [2.75, 3.05) is 19.1 Å². The van der Waals surface area contributed by atoms with E-state index in [4.69, 9.17) is 21.7 Å². The molecule has 0 N–H and O–H groups in total. The fourth-order valence-electron chi connectivity index (χ4n) is 3.16. The third kappa shape index (κ3) is 3.25. The van der Waals surface area contributed by atoms with Crippen molar-refractivity contribution in [2.45, 2.75) is 0 Å². The lowest BCUT2D eigenvalue weighted by Gasteiger charge is -2.14. The molecule has 0 spiro atoms. The van der Waals surface area contributed by atoms with Crippen LogP contribution < -0.4 is 14.4 Å². The van der Waals surface area contributed by atoms with E-state index in [1.165, 1.54) is 11.8 Å². The van der Waals surface area contributed by atoms with Crippen LogP contribution in [0.2, 0.25) is 0 Å². The minimum absolute atomic E-state index is 0.143. The number of fused-ring (bicyclic) bond motifs is 1. The van der Waals surface area contributed by atoms with Crippen LogP contribution in [0.3, 0.4) is 0 Å². The molecule has 0 saturated carbocycles. The van der Waals surface area contributed by atoms with Crippen LogP contribution in [0.25, 0.3) is 16.8 Å². The lowest BCUT2D eigenvalue weighted by Crippen LogP contribution is -2.27. The van der Waals surface area contributed by atoms with E-state index < -0.39 is 0 Å². The highest BCUT2D eigenvalue weighted by Gasteiger charge is 2.33. The standard InChI is InChI=1S/C22H17NO3S2/c1-25-16-10-8-15(9-11-16)23-21(24)20(28-22(23)27)13-18-17-6-4-3-5-14(17)7-12-19(18)26-2/h3-13H,1-2H3/b20-13-. The molecule has 0 radical (unpaired) electrons. The Morgan fingerprint density at radius 3 is 2.43 bits per heavy atom. The van der Waals surface area contributed by atoms with Crippen LogP contribution in [-0.4, -0.2) is 24.4 Å². The first-order valence-electron chi connectivity index (χ1n) is 8.60. The van der Waals surface area contributed by atoms with Crippen LogP contribution in [0.15, 0.2) is 65.6 Å². The predicted molar refractivity (Wildman–Crippen MR) is 119 cm³/mol. The molecule has 6 heteroatoms. The van der Waals surface area contributed by atoms with Gasteiger partial charge in [0, 0.05) is 5.56 Å². The van der Waals surface area contributed by atoms with Crippen molar-refractivity contribution in [3.05, 3.63) is 71.1 Å². The number of anilines is 1. The van der Waals surface area contributed by atoms with Crippen LogP contribution in [0.5, 0.6) is 11.5 Å². The molecule has 1 saturated heterocycles. The summed E-state index contributed by atoms with van der Waals surface area (Å²) in [6.07, 6.45) is 1.87. The molecule has 3 aromatic carbocycles. The number of thiocarbonyl (C=S) groups is 1. The first-order chi connectivity index (χ1) is 13.6. The summed E-state index contributed by atoms with van der Waals surface area (Å²) in [5.74, 6) is 1.30. The Kier molecular flexibility index (Phi) is 5.07. The third-order valence-corrected chi connectivity index (χ3v) is 5.85. The van der Waals surface area contributed by atoms with Crippen LogP contribution in [0, 0.1) is 0 Å². The fraction of sp³-hybridized carbons (Fsp3) is 0.0909. The molecule has 1 heterocycles. The van der Waals surface area contributed by atoms with Crippen LogP contribution in [-0.2, 0) is 4.79 Å². The maximum absolute atomic E-state index is 13.1. The van der Waals surface area contributed by atoms with Gasteiger partial charge >= 0.3 is 0 Å². The molecule has 28 heavy (non-hydrogen) atoms. The number of hydrogen-bond donors (Lipinski definition) is 0. The number of carbonyl (C=O) groups excluding carboxylic acids is 1. The SMILES string of the molecule is COc1ccc(N2C(=O)/C(=C/c3c(OC)ccc4ccccc34)SC2=S)cc1. The van der Waals surface area contributed by atoms with Gasteiger partial charge in [0.2, 0.25) is 0 Å². The molecule has 1 aliphatic rings. The van der Waals surface area contributed by atoms with Crippen molar-refractivity contribution in [1.82, 2.24) is 0 Å². The number of thioether (sulfide) groups is 1. The number of ether oxygens (including phenoxy) is 2. The predicted octanol–water partition coefficient (Wildman–Crippen LogP) is 5.26. The van der Waals surface area contributed by atoms with Gasteiger partial charge in [-0.05, 0) is 47.2 Å². The molecule has 0 aromatic heterocycles. The Bertz CT molecular complexity index is 1110. The number of rotatable bonds is 4. The summed E-state index contributed by atoms with van der Waals surface area (Å²) in [5, 5.41) is 2.11. The van der Waals surface area contributed by atoms with Crippen molar-refractivity contribution in [2.24, 2.45) is 0 Å². The van der Waals surface area contributed by atoms with E-state index in [-0.39, 0.29) is 5.91 Å². The lowest BCUT2D eigenvalue weighted by atomic mass is 10.0. The summed E-state index contributed by atoms with van der Waals surface area (Å²) in [7, 11) is 3.24. The summed E-state index contributed by atoms with van der Waals surface area (Å²) >= 11 is 6.77. The van der Waals surface area contributed by atoms with Gasteiger partial charge in [0.05, 0.1) is 24.8 Å². The summed E-state index contributed by atoms with van der Waals surface area (Å²) < 4.78 is 11.2. The molecule has 0 bridgehead atoms. The van der Waals surface area contributed by atoms with Gasteiger partial charge in [-0.25, -0.2) is 0 Å². The first-order valence-corrected chi connectivity index (χ1v) is 9.82. The van der Waals surface area contributed by atoms with Gasteiger partial charge in [0.15, 0.2) is 4.32 Å². The van der Waals surface area contributed by atoms with Gasteiger partial charge < -0.3 is 9.47 Å². The zero-order valence-electron chi connectivity index (χ0n) is 15.3. The summed E-state index contributed by atoms with van der Waals surface area (Å²) in [6.45, 7) is 0. The molecule has 3 aromatic rings. The van der Waals surface area contributed by atoms with Gasteiger partial charge in [-0.1, -0.05) is 54.3 Å². The smallest absolute Gasteiger partial charge is 0.270 e. The molecule has 1 fully saturated rings. The highest BCUT2D eigenvalue weighted by Crippen LogP contribution is 2.39. The Balaban J connectivity index is 1.76. The monoisotopic (exact) mass is 407 g/mol. The number of amides is 1. The number of benzene rings is 3. The minimum atomic E-state index is -0.143. The van der Waals surface area contributed by atoms with E-state index in [2.05, 4.69) is 0 Å². The molecular formula is C22H17NO3S2. The lowest BCUT2D eigenvalue weighted by molar-refractivity contribution is -0.113. The zero-order valence-corrected chi connectivity index (χ0v) is 17.0. The topological polar surface area (TPSA) is 38.8 Å². The quantitative estimate of drug-likeness (QED) is 0.436. The van der Waals surface area contributed by atoms with Crippen molar-refractivity contribution in [3.63, 3.8) is 0 Å². The van der Waals surface area contributed by atoms with E-state index in [9.17, 15) is 4.79 Å². The van der Waals surface area contributed by atoms with Crippen LogP contribution in [0.4, 0.5) is 5.69 Å². The average molecular weight is 408 g/mol. The summed E-state index contributed by atoms with van der Waals surface area (Å²) in [6, 6.07) is 19.2. The number of methoxy groups -OCH3 is 2. The highest BCUT2D eigenvalue weighted by atomic mass is 32.2. The molecule has 0 atom stereocenters. The van der Waals surface area contributed by atoms with Crippen LogP contribution >= 0.6 is 24.0 Å². The number of carbonyl (C=O) groups is 1. The second-order valence-corrected chi connectivity index (χ2v) is 7.79. The average Bonchev–Trinajstić information content (AvgIpc) is 3.01. The van der Waals surface area contributed by atoms with E-state index in [0.717, 1.165) is 27.8 Å². The van der Waals surface area contributed by atoms with Crippen molar-refractivity contribution >= 4 is 56.7 Å².